The molecule has 27 heavy (non-hydrogen) atoms. The maximum Gasteiger partial charge on any atom is 0.324 e. The number of thiophene rings is 1. The predicted molar refractivity (Wildman–Crippen MR) is 100 cm³/mol. The number of benzene rings is 1. The Morgan fingerprint density at radius 1 is 0.963 bits per heavy atom. The van der Waals surface area contributed by atoms with E-state index in [9.17, 15) is 25.0 Å². The van der Waals surface area contributed by atoms with E-state index < -0.39 is 9.85 Å². The highest BCUT2D eigenvalue weighted by Crippen LogP contribution is 2.25. The van der Waals surface area contributed by atoms with Crippen molar-refractivity contribution in [3.05, 3.63) is 67.1 Å². The predicted octanol–water partition coefficient (Wildman–Crippen LogP) is 2.57. The highest BCUT2D eigenvalue weighted by atomic mass is 32.1. The van der Waals surface area contributed by atoms with Crippen LogP contribution in [0.4, 0.5) is 10.7 Å². The van der Waals surface area contributed by atoms with Gasteiger partial charge < -0.3 is 4.90 Å². The molecule has 1 aliphatic heterocycles. The standard InChI is InChI=1S/C17H18N4O5S/c22-17(15-5-6-16(27-15)21(25)26)19-11-9-18(10-12-19)8-7-13-1-3-14(4-2-13)20(23)24/h1-6H,7-12H2. The maximum absolute atomic E-state index is 12.4. The number of nitro groups is 2. The Bertz CT molecular complexity index is 843. The summed E-state index contributed by atoms with van der Waals surface area (Å²) in [5, 5.41) is 21.4. The van der Waals surface area contributed by atoms with Crippen LogP contribution < -0.4 is 0 Å². The molecule has 142 valence electrons. The summed E-state index contributed by atoms with van der Waals surface area (Å²) in [6.07, 6.45) is 0.781. The number of non-ortho nitro benzene ring substituents is 1. The van der Waals surface area contributed by atoms with E-state index in [4.69, 9.17) is 0 Å². The summed E-state index contributed by atoms with van der Waals surface area (Å²) in [5.74, 6) is -0.164. The summed E-state index contributed by atoms with van der Waals surface area (Å²) in [6, 6.07) is 9.41. The van der Waals surface area contributed by atoms with Crippen LogP contribution >= 0.6 is 11.3 Å². The molecule has 9 nitrogen and oxygen atoms in total. The number of piperazine rings is 1. The summed E-state index contributed by atoms with van der Waals surface area (Å²) >= 11 is 0.902. The van der Waals surface area contributed by atoms with E-state index in [2.05, 4.69) is 4.90 Å². The summed E-state index contributed by atoms with van der Waals surface area (Å²) in [7, 11) is 0. The Morgan fingerprint density at radius 3 is 2.19 bits per heavy atom. The molecule has 3 rings (SSSR count). The third-order valence-electron chi connectivity index (χ3n) is 4.51. The largest absolute Gasteiger partial charge is 0.335 e. The number of amides is 1. The van der Waals surface area contributed by atoms with Gasteiger partial charge in [0.1, 0.15) is 0 Å². The van der Waals surface area contributed by atoms with E-state index >= 15 is 0 Å². The SMILES string of the molecule is O=C(c1ccc([N+](=O)[O-])s1)N1CCN(CCc2ccc([N+](=O)[O-])cc2)CC1. The fourth-order valence-corrected chi connectivity index (χ4v) is 3.73. The fraction of sp³-hybridized carbons (Fsp3) is 0.353. The van der Waals surface area contributed by atoms with Gasteiger partial charge in [0.2, 0.25) is 0 Å². The molecule has 0 unspecified atom stereocenters. The smallest absolute Gasteiger partial charge is 0.324 e. The van der Waals surface area contributed by atoms with Gasteiger partial charge in [-0.1, -0.05) is 23.5 Å². The second-order valence-electron chi connectivity index (χ2n) is 6.20. The van der Waals surface area contributed by atoms with Crippen molar-refractivity contribution in [2.45, 2.75) is 6.42 Å². The van der Waals surface area contributed by atoms with Crippen LogP contribution in [0.2, 0.25) is 0 Å². The van der Waals surface area contributed by atoms with E-state index in [-0.39, 0.29) is 16.6 Å². The van der Waals surface area contributed by atoms with Gasteiger partial charge in [-0.05, 0) is 18.1 Å². The number of hydrogen-bond acceptors (Lipinski definition) is 7. The average Bonchev–Trinajstić information content (AvgIpc) is 3.17. The molecule has 10 heteroatoms. The van der Waals surface area contributed by atoms with E-state index in [1.54, 1.807) is 17.0 Å². The molecule has 1 saturated heterocycles. The lowest BCUT2D eigenvalue weighted by atomic mass is 10.1. The normalized spacial score (nSPS) is 14.9. The monoisotopic (exact) mass is 390 g/mol. The minimum atomic E-state index is -0.489. The molecule has 0 bridgehead atoms. The van der Waals surface area contributed by atoms with Crippen LogP contribution in [-0.2, 0) is 6.42 Å². The van der Waals surface area contributed by atoms with E-state index in [0.717, 1.165) is 43.0 Å². The Balaban J connectivity index is 1.47. The topological polar surface area (TPSA) is 110 Å². The van der Waals surface area contributed by atoms with Gasteiger partial charge in [-0.15, -0.1) is 0 Å². The van der Waals surface area contributed by atoms with Gasteiger partial charge in [-0.3, -0.25) is 29.9 Å². The number of carbonyl (C=O) groups excluding carboxylic acids is 1. The summed E-state index contributed by atoms with van der Waals surface area (Å²) in [4.78, 5) is 37.3. The zero-order chi connectivity index (χ0) is 19.4. The van der Waals surface area contributed by atoms with Crippen molar-refractivity contribution < 1.29 is 14.6 Å². The molecule has 0 aliphatic carbocycles. The van der Waals surface area contributed by atoms with Crippen LogP contribution in [-0.4, -0.2) is 58.3 Å². The first-order chi connectivity index (χ1) is 12.9. The molecule has 0 atom stereocenters. The highest BCUT2D eigenvalue weighted by Gasteiger charge is 2.24. The van der Waals surface area contributed by atoms with Crippen molar-refractivity contribution in [3.63, 3.8) is 0 Å². The zero-order valence-electron chi connectivity index (χ0n) is 14.4. The van der Waals surface area contributed by atoms with Crippen LogP contribution in [0.25, 0.3) is 0 Å². The number of nitro benzene ring substituents is 1. The molecule has 1 aromatic carbocycles. The lowest BCUT2D eigenvalue weighted by molar-refractivity contribution is -0.384. The molecule has 2 aromatic rings. The highest BCUT2D eigenvalue weighted by molar-refractivity contribution is 7.17. The van der Waals surface area contributed by atoms with Crippen LogP contribution in [0.5, 0.6) is 0 Å². The summed E-state index contributed by atoms with van der Waals surface area (Å²) < 4.78 is 0. The van der Waals surface area contributed by atoms with Crippen molar-refractivity contribution in [2.24, 2.45) is 0 Å². The van der Waals surface area contributed by atoms with Crippen LogP contribution in [0.1, 0.15) is 15.2 Å². The Kier molecular flexibility index (Phi) is 5.77. The van der Waals surface area contributed by atoms with Crippen molar-refractivity contribution in [3.8, 4) is 0 Å². The zero-order valence-corrected chi connectivity index (χ0v) is 15.3. The molecule has 0 N–H and O–H groups in total. The van der Waals surface area contributed by atoms with Crippen molar-refractivity contribution >= 4 is 27.9 Å². The van der Waals surface area contributed by atoms with Gasteiger partial charge in [-0.25, -0.2) is 0 Å². The second kappa shape index (κ2) is 8.23. The van der Waals surface area contributed by atoms with Gasteiger partial charge in [0, 0.05) is 50.9 Å². The Labute approximate surface area is 159 Å². The van der Waals surface area contributed by atoms with E-state index in [0.29, 0.717) is 18.0 Å². The average molecular weight is 390 g/mol. The van der Waals surface area contributed by atoms with E-state index in [1.807, 2.05) is 0 Å². The first kappa shape index (κ1) is 18.9. The molecule has 0 radical (unpaired) electrons. The van der Waals surface area contributed by atoms with Gasteiger partial charge in [0.05, 0.1) is 14.7 Å². The van der Waals surface area contributed by atoms with Crippen molar-refractivity contribution in [2.75, 3.05) is 32.7 Å². The van der Waals surface area contributed by atoms with E-state index in [1.165, 1.54) is 24.3 Å². The lowest BCUT2D eigenvalue weighted by Gasteiger charge is -2.34. The Hall–Kier alpha value is -2.85. The number of hydrogen-bond donors (Lipinski definition) is 0. The molecular weight excluding hydrogens is 372 g/mol. The molecule has 0 saturated carbocycles. The second-order valence-corrected chi connectivity index (χ2v) is 7.26. The number of rotatable bonds is 6. The Morgan fingerprint density at radius 2 is 1.63 bits per heavy atom. The molecule has 2 heterocycles. The maximum atomic E-state index is 12.4. The van der Waals surface area contributed by atoms with Gasteiger partial charge >= 0.3 is 5.00 Å². The number of nitrogens with zero attached hydrogens (tertiary/aromatic N) is 4. The lowest BCUT2D eigenvalue weighted by Crippen LogP contribution is -2.48. The molecule has 1 aliphatic rings. The minimum absolute atomic E-state index is 0.0277. The van der Waals surface area contributed by atoms with Gasteiger partial charge in [-0.2, -0.15) is 0 Å². The quantitative estimate of drug-likeness (QED) is 0.554. The molecular formula is C17H18N4O5S. The van der Waals surface area contributed by atoms with Crippen molar-refractivity contribution in [1.82, 2.24) is 9.80 Å². The van der Waals surface area contributed by atoms with Crippen LogP contribution in [0, 0.1) is 20.2 Å². The molecule has 1 fully saturated rings. The third kappa shape index (κ3) is 4.66. The molecule has 1 amide bonds. The third-order valence-corrected chi connectivity index (χ3v) is 5.53. The molecule has 1 aromatic heterocycles. The first-order valence-corrected chi connectivity index (χ1v) is 9.25. The van der Waals surface area contributed by atoms with Crippen LogP contribution in [0.15, 0.2) is 36.4 Å². The summed E-state index contributed by atoms with van der Waals surface area (Å²) in [5.41, 5.74) is 1.12. The minimum Gasteiger partial charge on any atom is -0.335 e. The molecule has 0 spiro atoms. The van der Waals surface area contributed by atoms with Gasteiger partial charge in [0.15, 0.2) is 0 Å². The fourth-order valence-electron chi connectivity index (χ4n) is 2.94. The number of carbonyl (C=O) groups is 1. The van der Waals surface area contributed by atoms with Crippen LogP contribution in [0.3, 0.4) is 0 Å². The summed E-state index contributed by atoms with van der Waals surface area (Å²) in [6.45, 7) is 3.41. The van der Waals surface area contributed by atoms with Gasteiger partial charge in [0.25, 0.3) is 11.6 Å². The van der Waals surface area contributed by atoms with Crippen molar-refractivity contribution in [1.29, 1.82) is 0 Å². The first-order valence-electron chi connectivity index (χ1n) is 8.43.